The summed E-state index contributed by atoms with van der Waals surface area (Å²) in [5.74, 6) is -0.825. The van der Waals surface area contributed by atoms with Gasteiger partial charge in [0.25, 0.3) is 5.91 Å². The van der Waals surface area contributed by atoms with Crippen LogP contribution in [0.15, 0.2) is 4.63 Å². The highest BCUT2D eigenvalue weighted by Gasteiger charge is 2.30. The number of nitrogens with one attached hydrogen (secondary N) is 2. The van der Waals surface area contributed by atoms with Gasteiger partial charge in [-0.15, -0.1) is 5.10 Å². The Morgan fingerprint density at radius 3 is 2.78 bits per heavy atom. The van der Waals surface area contributed by atoms with E-state index in [0.717, 1.165) is 12.8 Å². The molecule has 12 heteroatoms. The molecule has 1 fully saturated rings. The van der Waals surface area contributed by atoms with Gasteiger partial charge in [-0.25, -0.2) is 4.63 Å². The quantitative estimate of drug-likeness (QED) is 0.558. The summed E-state index contributed by atoms with van der Waals surface area (Å²) in [5, 5.41) is 14.6. The normalized spacial score (nSPS) is 13.8. The van der Waals surface area contributed by atoms with Crippen molar-refractivity contribution in [3.05, 3.63) is 11.4 Å². The Hall–Kier alpha value is -3.02. The van der Waals surface area contributed by atoms with Crippen molar-refractivity contribution in [2.24, 2.45) is 5.92 Å². The number of rotatable bonds is 5. The number of carbonyl (C=O) groups is 2. The summed E-state index contributed by atoms with van der Waals surface area (Å²) < 4.78 is 10.7. The van der Waals surface area contributed by atoms with E-state index in [1.165, 1.54) is 11.8 Å². The minimum absolute atomic E-state index is 0.0125. The van der Waals surface area contributed by atoms with Crippen molar-refractivity contribution >= 4 is 17.6 Å². The lowest BCUT2D eigenvalue weighted by Crippen LogP contribution is -2.42. The molecular weight excluding hydrogens is 308 g/mol. The molecule has 12 nitrogen and oxygen atoms in total. The van der Waals surface area contributed by atoms with Crippen molar-refractivity contribution in [2.75, 3.05) is 12.8 Å². The summed E-state index contributed by atoms with van der Waals surface area (Å²) in [7, 11) is 1.44. The predicted molar refractivity (Wildman–Crippen MR) is 72.7 cm³/mol. The Kier molecular flexibility index (Phi) is 3.89. The van der Waals surface area contributed by atoms with Gasteiger partial charge in [-0.1, -0.05) is 5.21 Å². The molecule has 122 valence electrons. The molecule has 0 bridgehead atoms. The maximum atomic E-state index is 12.2. The number of methoxy groups -OCH3 is 1. The van der Waals surface area contributed by atoms with Crippen molar-refractivity contribution in [3.63, 3.8) is 0 Å². The number of hydrogen-bond acceptors (Lipinski definition) is 9. The van der Waals surface area contributed by atoms with Gasteiger partial charge in [0, 0.05) is 13.0 Å². The number of anilines is 1. The highest BCUT2D eigenvalue weighted by molar-refractivity contribution is 5.95. The molecule has 1 aliphatic rings. The Morgan fingerprint density at radius 2 is 2.17 bits per heavy atom. The van der Waals surface area contributed by atoms with Crippen molar-refractivity contribution in [1.29, 1.82) is 0 Å². The molecule has 0 saturated heterocycles. The van der Waals surface area contributed by atoms with Gasteiger partial charge in [0.15, 0.2) is 5.69 Å². The largest absolute Gasteiger partial charge is 0.378 e. The fraction of sp³-hybridized carbons (Fsp3) is 0.455. The summed E-state index contributed by atoms with van der Waals surface area (Å²) in [6, 6.07) is 0. The third-order valence-electron chi connectivity index (χ3n) is 3.20. The van der Waals surface area contributed by atoms with Crippen LogP contribution < -0.4 is 16.6 Å². The van der Waals surface area contributed by atoms with E-state index in [1.807, 2.05) is 0 Å². The van der Waals surface area contributed by atoms with Crippen LogP contribution in [-0.4, -0.2) is 44.2 Å². The topological polar surface area (TPSA) is 163 Å². The zero-order valence-electron chi connectivity index (χ0n) is 12.1. The molecule has 2 amide bonds. The van der Waals surface area contributed by atoms with E-state index in [2.05, 4.69) is 36.1 Å². The van der Waals surface area contributed by atoms with Crippen LogP contribution in [0.2, 0.25) is 0 Å². The van der Waals surface area contributed by atoms with Crippen molar-refractivity contribution in [1.82, 2.24) is 36.2 Å². The van der Waals surface area contributed by atoms with Crippen LogP contribution in [0.1, 0.15) is 29.0 Å². The lowest BCUT2D eigenvalue weighted by molar-refractivity contribution is -0.123. The predicted octanol–water partition coefficient (Wildman–Crippen LogP) is -1.45. The standard InChI is InChI=1S/C11H14N8O4/c1-22-4-6-7(11(21)15-14-10(20)5-2-3-5)13-18-19(6)9-8(12)16-23-17-9/h5H,2-4H2,1H3,(H2,12,16)(H,14,20)(H,15,21). The van der Waals surface area contributed by atoms with E-state index < -0.39 is 5.91 Å². The second-order valence-electron chi connectivity index (χ2n) is 4.92. The molecular formula is C11H14N8O4. The molecule has 4 N–H and O–H groups in total. The molecule has 0 unspecified atom stereocenters. The first-order chi connectivity index (χ1) is 11.1. The third-order valence-corrected chi connectivity index (χ3v) is 3.20. The van der Waals surface area contributed by atoms with Crippen molar-refractivity contribution in [3.8, 4) is 5.82 Å². The second kappa shape index (κ2) is 6.00. The second-order valence-corrected chi connectivity index (χ2v) is 4.92. The maximum Gasteiger partial charge on any atom is 0.292 e. The minimum Gasteiger partial charge on any atom is -0.378 e. The Labute approximate surface area is 129 Å². The molecule has 1 saturated carbocycles. The van der Waals surface area contributed by atoms with Crippen LogP contribution in [-0.2, 0) is 16.1 Å². The van der Waals surface area contributed by atoms with Crippen LogP contribution in [0.4, 0.5) is 5.82 Å². The van der Waals surface area contributed by atoms with E-state index in [-0.39, 0.29) is 41.5 Å². The summed E-state index contributed by atoms with van der Waals surface area (Å²) >= 11 is 0. The third kappa shape index (κ3) is 2.96. The Bertz CT molecular complexity index is 734. The number of nitrogens with two attached hydrogens (primary N) is 1. The molecule has 2 aromatic heterocycles. The number of nitrogen functional groups attached to an aromatic ring is 1. The molecule has 2 heterocycles. The highest BCUT2D eigenvalue weighted by Crippen LogP contribution is 2.28. The van der Waals surface area contributed by atoms with E-state index >= 15 is 0 Å². The zero-order chi connectivity index (χ0) is 16.4. The first-order valence-corrected chi connectivity index (χ1v) is 6.74. The number of hydrogen-bond donors (Lipinski definition) is 3. The van der Waals surface area contributed by atoms with Crippen LogP contribution in [0.5, 0.6) is 0 Å². The number of aromatic nitrogens is 5. The zero-order valence-corrected chi connectivity index (χ0v) is 12.1. The fourth-order valence-corrected chi connectivity index (χ4v) is 1.88. The lowest BCUT2D eigenvalue weighted by atomic mass is 10.3. The molecule has 0 atom stereocenters. The van der Waals surface area contributed by atoms with Crippen LogP contribution in [0.25, 0.3) is 5.82 Å². The smallest absolute Gasteiger partial charge is 0.292 e. The number of ether oxygens (including phenoxy) is 1. The lowest BCUT2D eigenvalue weighted by Gasteiger charge is -2.07. The molecule has 2 aromatic rings. The molecule has 1 aliphatic carbocycles. The number of carbonyl (C=O) groups excluding carboxylic acids is 2. The minimum atomic E-state index is -0.632. The summed E-state index contributed by atoms with van der Waals surface area (Å²) in [6.07, 6.45) is 1.65. The Balaban J connectivity index is 1.81. The van der Waals surface area contributed by atoms with E-state index in [1.54, 1.807) is 0 Å². The van der Waals surface area contributed by atoms with Crippen LogP contribution in [0.3, 0.4) is 0 Å². The Morgan fingerprint density at radius 1 is 1.39 bits per heavy atom. The maximum absolute atomic E-state index is 12.2. The average molecular weight is 322 g/mol. The van der Waals surface area contributed by atoms with Gasteiger partial charge < -0.3 is 10.5 Å². The average Bonchev–Trinajstić information content (AvgIpc) is 3.19. The first-order valence-electron chi connectivity index (χ1n) is 6.74. The monoisotopic (exact) mass is 322 g/mol. The van der Waals surface area contributed by atoms with E-state index in [9.17, 15) is 9.59 Å². The number of nitrogens with zero attached hydrogens (tertiary/aromatic N) is 5. The molecule has 23 heavy (non-hydrogen) atoms. The summed E-state index contributed by atoms with van der Waals surface area (Å²) in [6.45, 7) is 0.0125. The molecule has 3 rings (SSSR count). The van der Waals surface area contributed by atoms with Crippen LogP contribution >= 0.6 is 0 Å². The SMILES string of the molecule is COCc1c(C(=O)NNC(=O)C2CC2)nnn1-c1nonc1N. The molecule has 0 spiro atoms. The van der Waals surface area contributed by atoms with Gasteiger partial charge in [-0.2, -0.15) is 4.68 Å². The van der Waals surface area contributed by atoms with Crippen LogP contribution in [0, 0.1) is 5.92 Å². The van der Waals surface area contributed by atoms with Gasteiger partial charge in [-0.05, 0) is 23.2 Å². The van der Waals surface area contributed by atoms with Gasteiger partial charge in [-0.3, -0.25) is 20.4 Å². The van der Waals surface area contributed by atoms with Gasteiger partial charge in [0.1, 0.15) is 5.69 Å². The van der Waals surface area contributed by atoms with Gasteiger partial charge in [0.05, 0.1) is 6.61 Å². The highest BCUT2D eigenvalue weighted by atomic mass is 16.6. The van der Waals surface area contributed by atoms with Gasteiger partial charge in [0.2, 0.25) is 17.5 Å². The fourth-order valence-electron chi connectivity index (χ4n) is 1.88. The number of hydrazine groups is 1. The van der Waals surface area contributed by atoms with Gasteiger partial charge >= 0.3 is 0 Å². The van der Waals surface area contributed by atoms with E-state index in [4.69, 9.17) is 10.5 Å². The summed E-state index contributed by atoms with van der Waals surface area (Å²) in [5.41, 5.74) is 10.5. The molecule has 0 aliphatic heterocycles. The molecule has 0 aromatic carbocycles. The number of amides is 2. The van der Waals surface area contributed by atoms with Crippen molar-refractivity contribution < 1.29 is 19.0 Å². The summed E-state index contributed by atoms with van der Waals surface area (Å²) in [4.78, 5) is 23.7. The van der Waals surface area contributed by atoms with Crippen molar-refractivity contribution in [2.45, 2.75) is 19.4 Å². The molecule has 0 radical (unpaired) electrons. The first kappa shape index (κ1) is 14.9. The van der Waals surface area contributed by atoms with E-state index in [0.29, 0.717) is 0 Å².